The minimum Gasteiger partial charge on any atom is -0.298 e. The Bertz CT molecular complexity index is 1140. The van der Waals surface area contributed by atoms with E-state index in [0.29, 0.717) is 23.0 Å². The molecule has 0 atom stereocenters. The number of ketones is 1. The lowest BCUT2D eigenvalue weighted by atomic mass is 10.0. The van der Waals surface area contributed by atoms with Crippen LogP contribution in [0.25, 0.3) is 22.5 Å². The van der Waals surface area contributed by atoms with Crippen LogP contribution in [0.1, 0.15) is 10.4 Å². The summed E-state index contributed by atoms with van der Waals surface area (Å²) < 4.78 is 1.98. The number of Topliss-reactive ketones (excluding diaryl/α,β-unsaturated/α-hetero) is 1. The Balaban J connectivity index is 1.47. The molecule has 30 heavy (non-hydrogen) atoms. The highest BCUT2D eigenvalue weighted by Crippen LogP contribution is 2.25. The van der Waals surface area contributed by atoms with Crippen molar-refractivity contribution >= 4 is 17.5 Å². The van der Waals surface area contributed by atoms with Gasteiger partial charge in [-0.15, -0.1) is 16.8 Å². The third-order valence-corrected chi connectivity index (χ3v) is 5.67. The van der Waals surface area contributed by atoms with Gasteiger partial charge in [-0.1, -0.05) is 103 Å². The second kappa shape index (κ2) is 9.37. The van der Waals surface area contributed by atoms with E-state index >= 15 is 0 Å². The van der Waals surface area contributed by atoms with Gasteiger partial charge in [-0.3, -0.25) is 9.36 Å². The number of hydrogen-bond donors (Lipinski definition) is 0. The maximum Gasteiger partial charge on any atom is 0.192 e. The zero-order valence-corrected chi connectivity index (χ0v) is 17.3. The first-order chi connectivity index (χ1) is 14.8. The molecule has 0 aliphatic carbocycles. The lowest BCUT2D eigenvalue weighted by molar-refractivity contribution is 0.102. The zero-order valence-electron chi connectivity index (χ0n) is 16.4. The van der Waals surface area contributed by atoms with Crippen molar-refractivity contribution in [2.24, 2.45) is 0 Å². The van der Waals surface area contributed by atoms with Crippen LogP contribution in [0, 0.1) is 0 Å². The Morgan fingerprint density at radius 1 is 0.833 bits per heavy atom. The van der Waals surface area contributed by atoms with Crippen molar-refractivity contribution in [1.29, 1.82) is 0 Å². The van der Waals surface area contributed by atoms with Crippen LogP contribution in [-0.4, -0.2) is 26.3 Å². The molecule has 1 aromatic heterocycles. The fraction of sp³-hybridized carbons (Fsp3) is 0.0800. The quantitative estimate of drug-likeness (QED) is 0.210. The number of rotatable bonds is 8. The Labute approximate surface area is 180 Å². The number of thioether (sulfide) groups is 1. The summed E-state index contributed by atoms with van der Waals surface area (Å²) in [6, 6.07) is 27.8. The first-order valence-electron chi connectivity index (χ1n) is 9.67. The molecule has 0 bridgehead atoms. The van der Waals surface area contributed by atoms with Crippen LogP contribution < -0.4 is 0 Å². The molecule has 0 unspecified atom stereocenters. The van der Waals surface area contributed by atoms with Crippen molar-refractivity contribution in [3.63, 3.8) is 0 Å². The van der Waals surface area contributed by atoms with Gasteiger partial charge < -0.3 is 0 Å². The van der Waals surface area contributed by atoms with Gasteiger partial charge >= 0.3 is 0 Å². The average Bonchev–Trinajstić information content (AvgIpc) is 3.21. The number of allylic oxidation sites excluding steroid dienone is 1. The van der Waals surface area contributed by atoms with E-state index in [9.17, 15) is 4.79 Å². The molecule has 0 saturated carbocycles. The minimum atomic E-state index is 0.0639. The van der Waals surface area contributed by atoms with Crippen LogP contribution in [0.2, 0.25) is 0 Å². The van der Waals surface area contributed by atoms with E-state index in [4.69, 9.17) is 0 Å². The molecule has 0 fully saturated rings. The predicted octanol–water partition coefficient (Wildman–Crippen LogP) is 5.77. The summed E-state index contributed by atoms with van der Waals surface area (Å²) in [5, 5.41) is 9.35. The topological polar surface area (TPSA) is 47.8 Å². The third-order valence-electron chi connectivity index (χ3n) is 4.71. The summed E-state index contributed by atoms with van der Waals surface area (Å²) >= 11 is 1.40. The summed E-state index contributed by atoms with van der Waals surface area (Å²) in [4.78, 5) is 12.7. The van der Waals surface area contributed by atoms with E-state index in [1.165, 1.54) is 11.8 Å². The molecule has 4 nitrogen and oxygen atoms in total. The monoisotopic (exact) mass is 411 g/mol. The first-order valence-corrected chi connectivity index (χ1v) is 10.7. The van der Waals surface area contributed by atoms with E-state index < -0.39 is 0 Å². The van der Waals surface area contributed by atoms with Crippen LogP contribution >= 0.6 is 11.8 Å². The molecule has 4 aromatic rings. The standard InChI is InChI=1S/C25H21N3OS/c1-2-17-28-24(22-11-7-4-8-12-22)26-27-25(28)30-18-23(29)21-15-13-20(14-16-21)19-9-5-3-6-10-19/h2-16H,1,17-18H2. The van der Waals surface area contributed by atoms with Gasteiger partial charge in [0.25, 0.3) is 0 Å². The molecule has 5 heteroatoms. The maximum absolute atomic E-state index is 12.7. The molecule has 1 heterocycles. The van der Waals surface area contributed by atoms with Gasteiger partial charge in [-0.05, 0) is 11.1 Å². The Hall–Kier alpha value is -3.44. The fourth-order valence-corrected chi connectivity index (χ4v) is 4.02. The van der Waals surface area contributed by atoms with Crippen molar-refractivity contribution in [2.75, 3.05) is 5.75 Å². The number of aromatic nitrogens is 3. The molecule has 0 aliphatic rings. The molecule has 148 valence electrons. The smallest absolute Gasteiger partial charge is 0.192 e. The number of benzene rings is 3. The van der Waals surface area contributed by atoms with Crippen molar-refractivity contribution in [3.8, 4) is 22.5 Å². The Kier molecular flexibility index (Phi) is 6.20. The number of nitrogens with zero attached hydrogens (tertiary/aromatic N) is 3. The van der Waals surface area contributed by atoms with E-state index in [1.54, 1.807) is 0 Å². The van der Waals surface area contributed by atoms with Gasteiger partial charge in [0.2, 0.25) is 0 Å². The minimum absolute atomic E-state index is 0.0639. The normalized spacial score (nSPS) is 10.7. The SMILES string of the molecule is C=CCn1c(SCC(=O)c2ccc(-c3ccccc3)cc2)nnc1-c1ccccc1. The summed E-state index contributed by atoms with van der Waals surface area (Å²) in [7, 11) is 0. The molecule has 3 aromatic carbocycles. The highest BCUT2D eigenvalue weighted by molar-refractivity contribution is 7.99. The van der Waals surface area contributed by atoms with Crippen LogP contribution in [-0.2, 0) is 6.54 Å². The molecule has 0 aliphatic heterocycles. The average molecular weight is 412 g/mol. The van der Waals surface area contributed by atoms with Crippen LogP contribution in [0.3, 0.4) is 0 Å². The zero-order chi connectivity index (χ0) is 20.8. The van der Waals surface area contributed by atoms with Crippen molar-refractivity contribution in [2.45, 2.75) is 11.7 Å². The second-order valence-electron chi connectivity index (χ2n) is 6.73. The van der Waals surface area contributed by atoms with Gasteiger partial charge in [0.1, 0.15) is 0 Å². The Morgan fingerprint density at radius 3 is 2.07 bits per heavy atom. The fourth-order valence-electron chi connectivity index (χ4n) is 3.18. The Morgan fingerprint density at radius 2 is 1.43 bits per heavy atom. The summed E-state index contributed by atoms with van der Waals surface area (Å²) in [6.07, 6.45) is 1.81. The number of carbonyl (C=O) groups is 1. The molecular formula is C25H21N3OS. The highest BCUT2D eigenvalue weighted by atomic mass is 32.2. The van der Waals surface area contributed by atoms with Gasteiger partial charge in [0.15, 0.2) is 16.8 Å². The molecule has 0 amide bonds. The lowest BCUT2D eigenvalue weighted by Gasteiger charge is -2.08. The third kappa shape index (κ3) is 4.42. The molecule has 0 radical (unpaired) electrons. The largest absolute Gasteiger partial charge is 0.298 e. The lowest BCUT2D eigenvalue weighted by Crippen LogP contribution is -2.05. The van der Waals surface area contributed by atoms with E-state index in [0.717, 1.165) is 22.5 Å². The van der Waals surface area contributed by atoms with Crippen molar-refractivity contribution < 1.29 is 4.79 Å². The maximum atomic E-state index is 12.7. The van der Waals surface area contributed by atoms with Crippen molar-refractivity contribution in [3.05, 3.63) is 103 Å². The molecule has 0 saturated heterocycles. The summed E-state index contributed by atoms with van der Waals surface area (Å²) in [5.41, 5.74) is 3.91. The predicted molar refractivity (Wildman–Crippen MR) is 123 cm³/mol. The van der Waals surface area contributed by atoms with Crippen LogP contribution in [0.15, 0.2) is 103 Å². The second-order valence-corrected chi connectivity index (χ2v) is 7.67. The molecule has 4 rings (SSSR count). The van der Waals surface area contributed by atoms with Gasteiger partial charge in [-0.2, -0.15) is 0 Å². The van der Waals surface area contributed by atoms with Crippen LogP contribution in [0.4, 0.5) is 0 Å². The summed E-state index contributed by atoms with van der Waals surface area (Å²) in [6.45, 7) is 4.42. The van der Waals surface area contributed by atoms with Gasteiger partial charge in [0, 0.05) is 17.7 Å². The van der Waals surface area contributed by atoms with Gasteiger partial charge in [0.05, 0.1) is 5.75 Å². The number of hydrogen-bond acceptors (Lipinski definition) is 4. The van der Waals surface area contributed by atoms with E-state index in [1.807, 2.05) is 83.4 Å². The number of carbonyl (C=O) groups excluding carboxylic acids is 1. The van der Waals surface area contributed by atoms with E-state index in [2.05, 4.69) is 28.9 Å². The van der Waals surface area contributed by atoms with E-state index in [-0.39, 0.29) is 5.78 Å². The summed E-state index contributed by atoms with van der Waals surface area (Å²) in [5.74, 6) is 1.14. The van der Waals surface area contributed by atoms with Crippen LogP contribution in [0.5, 0.6) is 0 Å². The van der Waals surface area contributed by atoms with Crippen molar-refractivity contribution in [1.82, 2.24) is 14.8 Å². The first kappa shape index (κ1) is 19.9. The van der Waals surface area contributed by atoms with Gasteiger partial charge in [-0.25, -0.2) is 0 Å². The highest BCUT2D eigenvalue weighted by Gasteiger charge is 2.15. The molecular weight excluding hydrogens is 390 g/mol. The molecule has 0 N–H and O–H groups in total. The molecule has 0 spiro atoms.